The Kier molecular flexibility index (Phi) is 7.14. The molecule has 0 spiro atoms. The number of benzene rings is 2. The minimum absolute atomic E-state index is 0.0400. The number of nitrogens with zero attached hydrogens (tertiary/aromatic N) is 2. The fourth-order valence-electron chi connectivity index (χ4n) is 3.23. The average Bonchev–Trinajstić information content (AvgIpc) is 2.75. The molecule has 6 heteroatoms. The van der Waals surface area contributed by atoms with Crippen LogP contribution in [0.15, 0.2) is 48.5 Å². The van der Waals surface area contributed by atoms with Crippen LogP contribution in [-0.2, 0) is 0 Å². The van der Waals surface area contributed by atoms with Gasteiger partial charge < -0.3 is 19.1 Å². The van der Waals surface area contributed by atoms with Gasteiger partial charge in [0.15, 0.2) is 0 Å². The molecule has 0 saturated carbocycles. The number of hydrogen-bond donors (Lipinski definition) is 0. The van der Waals surface area contributed by atoms with Crippen molar-refractivity contribution in [1.82, 2.24) is 9.80 Å². The van der Waals surface area contributed by atoms with Crippen LogP contribution >= 0.6 is 0 Å². The fraction of sp³-hybridized carbons (Fsp3) is 0.409. The van der Waals surface area contributed by atoms with Crippen LogP contribution in [0.5, 0.6) is 17.2 Å². The number of ether oxygens (including phenoxy) is 3. The van der Waals surface area contributed by atoms with E-state index in [-0.39, 0.29) is 5.91 Å². The van der Waals surface area contributed by atoms with Crippen molar-refractivity contribution in [2.24, 2.45) is 0 Å². The molecule has 150 valence electrons. The predicted molar refractivity (Wildman–Crippen MR) is 108 cm³/mol. The molecule has 2 aromatic carbocycles. The highest BCUT2D eigenvalue weighted by molar-refractivity contribution is 5.97. The molecule has 1 amide bonds. The minimum atomic E-state index is 0.0400. The summed E-state index contributed by atoms with van der Waals surface area (Å²) in [7, 11) is 1.65. The van der Waals surface area contributed by atoms with E-state index in [9.17, 15) is 4.79 Å². The number of amides is 1. The van der Waals surface area contributed by atoms with Crippen LogP contribution in [0.1, 0.15) is 17.3 Å². The summed E-state index contributed by atoms with van der Waals surface area (Å²) in [6.07, 6.45) is 0. The Labute approximate surface area is 166 Å². The Morgan fingerprint density at radius 1 is 0.929 bits per heavy atom. The van der Waals surface area contributed by atoms with E-state index in [1.54, 1.807) is 7.11 Å². The number of rotatable bonds is 8. The second-order valence-corrected chi connectivity index (χ2v) is 6.59. The van der Waals surface area contributed by atoms with Gasteiger partial charge in [0.25, 0.3) is 5.91 Å². The van der Waals surface area contributed by atoms with Crippen LogP contribution in [0.4, 0.5) is 0 Å². The Morgan fingerprint density at radius 3 is 2.29 bits per heavy atom. The van der Waals surface area contributed by atoms with Crippen molar-refractivity contribution in [1.29, 1.82) is 0 Å². The first-order valence-corrected chi connectivity index (χ1v) is 9.71. The molecule has 1 heterocycles. The maximum absolute atomic E-state index is 12.8. The van der Waals surface area contributed by atoms with Gasteiger partial charge in [-0.25, -0.2) is 0 Å². The number of hydrogen-bond acceptors (Lipinski definition) is 5. The first-order valence-electron chi connectivity index (χ1n) is 9.71. The second-order valence-electron chi connectivity index (χ2n) is 6.59. The van der Waals surface area contributed by atoms with Crippen LogP contribution < -0.4 is 14.2 Å². The fourth-order valence-corrected chi connectivity index (χ4v) is 3.23. The lowest BCUT2D eigenvalue weighted by Crippen LogP contribution is -2.49. The molecule has 6 nitrogen and oxygen atoms in total. The predicted octanol–water partition coefficient (Wildman–Crippen LogP) is 2.93. The van der Waals surface area contributed by atoms with E-state index in [0.717, 1.165) is 31.1 Å². The van der Waals surface area contributed by atoms with Gasteiger partial charge in [-0.3, -0.25) is 9.69 Å². The molecule has 0 bridgehead atoms. The highest BCUT2D eigenvalue weighted by Crippen LogP contribution is 2.21. The number of methoxy groups -OCH3 is 1. The van der Waals surface area contributed by atoms with Crippen LogP contribution in [0.3, 0.4) is 0 Å². The largest absolute Gasteiger partial charge is 0.497 e. The summed E-state index contributed by atoms with van der Waals surface area (Å²) < 4.78 is 16.5. The topological polar surface area (TPSA) is 51.2 Å². The molecule has 0 N–H and O–H groups in total. The second kappa shape index (κ2) is 9.99. The molecule has 0 radical (unpaired) electrons. The third-order valence-electron chi connectivity index (χ3n) is 4.81. The Balaban J connectivity index is 1.44. The lowest BCUT2D eigenvalue weighted by atomic mass is 10.1. The normalized spacial score (nSPS) is 14.6. The smallest absolute Gasteiger partial charge is 0.257 e. The number of carbonyl (C=O) groups is 1. The third-order valence-corrected chi connectivity index (χ3v) is 4.81. The van der Waals surface area contributed by atoms with Crippen molar-refractivity contribution in [2.75, 3.05) is 53.0 Å². The van der Waals surface area contributed by atoms with Crippen molar-refractivity contribution in [3.63, 3.8) is 0 Å². The molecule has 3 rings (SSSR count). The third kappa shape index (κ3) is 5.16. The summed E-state index contributed by atoms with van der Waals surface area (Å²) in [5.74, 6) is 2.35. The van der Waals surface area contributed by atoms with Crippen molar-refractivity contribution in [3.05, 3.63) is 54.1 Å². The zero-order chi connectivity index (χ0) is 19.8. The lowest BCUT2D eigenvalue weighted by molar-refractivity contribution is 0.0616. The lowest BCUT2D eigenvalue weighted by Gasteiger charge is -2.34. The van der Waals surface area contributed by atoms with E-state index in [1.165, 1.54) is 0 Å². The summed E-state index contributed by atoms with van der Waals surface area (Å²) in [6, 6.07) is 15.0. The highest BCUT2D eigenvalue weighted by Gasteiger charge is 2.24. The van der Waals surface area contributed by atoms with E-state index in [1.807, 2.05) is 60.4 Å². The van der Waals surface area contributed by atoms with Crippen molar-refractivity contribution < 1.29 is 19.0 Å². The number of carbonyl (C=O) groups excluding carboxylic acids is 1. The van der Waals surface area contributed by atoms with E-state index >= 15 is 0 Å². The summed E-state index contributed by atoms with van der Waals surface area (Å²) in [4.78, 5) is 17.1. The van der Waals surface area contributed by atoms with Gasteiger partial charge in [-0.2, -0.15) is 0 Å². The van der Waals surface area contributed by atoms with Crippen LogP contribution in [0.2, 0.25) is 0 Å². The highest BCUT2D eigenvalue weighted by atomic mass is 16.5. The number of para-hydroxylation sites is 1. The standard InChI is InChI=1S/C22H28N2O4/c1-3-27-21-7-5-4-6-20(21)22(25)24-14-12-23(13-15-24)16-17-28-19-10-8-18(26-2)9-11-19/h4-11H,3,12-17H2,1-2H3. The van der Waals surface area contributed by atoms with Crippen molar-refractivity contribution in [2.45, 2.75) is 6.92 Å². The van der Waals surface area contributed by atoms with E-state index < -0.39 is 0 Å². The van der Waals surface area contributed by atoms with Gasteiger partial charge in [-0.15, -0.1) is 0 Å². The van der Waals surface area contributed by atoms with Gasteiger partial charge in [0.05, 0.1) is 19.3 Å². The molecular formula is C22H28N2O4. The van der Waals surface area contributed by atoms with Gasteiger partial charge >= 0.3 is 0 Å². The summed E-state index contributed by atoms with van der Waals surface area (Å²) in [5, 5.41) is 0. The van der Waals surface area contributed by atoms with E-state index in [4.69, 9.17) is 14.2 Å². The quantitative estimate of drug-likeness (QED) is 0.700. The zero-order valence-corrected chi connectivity index (χ0v) is 16.6. The van der Waals surface area contributed by atoms with Gasteiger partial charge in [0.1, 0.15) is 23.9 Å². The van der Waals surface area contributed by atoms with Crippen LogP contribution in [-0.4, -0.2) is 68.8 Å². The molecule has 2 aromatic rings. The molecule has 1 aliphatic heterocycles. The molecule has 0 unspecified atom stereocenters. The molecular weight excluding hydrogens is 356 g/mol. The molecule has 1 aliphatic rings. The number of piperazine rings is 1. The van der Waals surface area contributed by atoms with Gasteiger partial charge in [0, 0.05) is 32.7 Å². The van der Waals surface area contributed by atoms with Crippen LogP contribution in [0, 0.1) is 0 Å². The first kappa shape index (κ1) is 20.0. The van der Waals surface area contributed by atoms with Gasteiger partial charge in [0.2, 0.25) is 0 Å². The SMILES string of the molecule is CCOc1ccccc1C(=O)N1CCN(CCOc2ccc(OC)cc2)CC1. The average molecular weight is 384 g/mol. The van der Waals surface area contributed by atoms with E-state index in [2.05, 4.69) is 4.90 Å². The Morgan fingerprint density at radius 2 is 1.61 bits per heavy atom. The minimum Gasteiger partial charge on any atom is -0.497 e. The molecule has 1 fully saturated rings. The van der Waals surface area contributed by atoms with Crippen molar-refractivity contribution in [3.8, 4) is 17.2 Å². The molecule has 0 aliphatic carbocycles. The van der Waals surface area contributed by atoms with Gasteiger partial charge in [-0.05, 0) is 43.3 Å². The van der Waals surface area contributed by atoms with Crippen molar-refractivity contribution >= 4 is 5.91 Å². The Bertz CT molecular complexity index is 755. The first-order chi connectivity index (χ1) is 13.7. The van der Waals surface area contributed by atoms with Crippen LogP contribution in [0.25, 0.3) is 0 Å². The molecule has 0 aromatic heterocycles. The molecule has 28 heavy (non-hydrogen) atoms. The van der Waals surface area contributed by atoms with Gasteiger partial charge in [-0.1, -0.05) is 12.1 Å². The molecule has 0 atom stereocenters. The summed E-state index contributed by atoms with van der Waals surface area (Å²) >= 11 is 0. The molecule has 1 saturated heterocycles. The Hall–Kier alpha value is -2.73. The van der Waals surface area contributed by atoms with E-state index in [0.29, 0.717) is 37.6 Å². The zero-order valence-electron chi connectivity index (χ0n) is 16.6. The maximum Gasteiger partial charge on any atom is 0.257 e. The summed E-state index contributed by atoms with van der Waals surface area (Å²) in [6.45, 7) is 7.03. The monoisotopic (exact) mass is 384 g/mol. The maximum atomic E-state index is 12.8. The summed E-state index contributed by atoms with van der Waals surface area (Å²) in [5.41, 5.74) is 0.639.